The zero-order valence-corrected chi connectivity index (χ0v) is 16.0. The molecule has 8 heteroatoms. The molecule has 28 heavy (non-hydrogen) atoms. The summed E-state index contributed by atoms with van der Waals surface area (Å²) < 4.78 is 5.47. The first kappa shape index (κ1) is 19.5. The van der Waals surface area contributed by atoms with Crippen LogP contribution in [0, 0.1) is 5.92 Å². The van der Waals surface area contributed by atoms with E-state index in [4.69, 9.17) is 4.74 Å². The van der Waals surface area contributed by atoms with Crippen LogP contribution < -0.4 is 10.2 Å². The zero-order valence-electron chi connectivity index (χ0n) is 16.0. The zero-order chi connectivity index (χ0) is 20.3. The maximum atomic E-state index is 13.0. The Morgan fingerprint density at radius 3 is 2.50 bits per heavy atom. The number of carbonyl (C=O) groups is 3. The topological polar surface area (TPSA) is 101 Å². The Hall–Kier alpha value is -3.29. The third-order valence-corrected chi connectivity index (χ3v) is 4.17. The van der Waals surface area contributed by atoms with Crippen LogP contribution in [0.2, 0.25) is 0 Å². The average molecular weight is 382 g/mol. The first-order valence-electron chi connectivity index (χ1n) is 8.92. The Kier molecular flexibility index (Phi) is 5.39. The van der Waals surface area contributed by atoms with Gasteiger partial charge in [0.2, 0.25) is 0 Å². The third kappa shape index (κ3) is 4.33. The van der Waals surface area contributed by atoms with E-state index < -0.39 is 29.4 Å². The summed E-state index contributed by atoms with van der Waals surface area (Å²) in [7, 11) is 0. The molecule has 2 amide bonds. The van der Waals surface area contributed by atoms with Gasteiger partial charge in [0.25, 0.3) is 11.8 Å². The Balaban J connectivity index is 1.87. The lowest BCUT2D eigenvalue weighted by Crippen LogP contribution is -2.47. The number of nitrogens with one attached hydrogen (secondary N) is 1. The minimum atomic E-state index is -1.05. The van der Waals surface area contributed by atoms with Crippen LogP contribution in [-0.4, -0.2) is 45.9 Å². The number of nitrogens with zero attached hydrogens (tertiary/aromatic N) is 3. The quantitative estimate of drug-likeness (QED) is 0.806. The van der Waals surface area contributed by atoms with E-state index in [9.17, 15) is 14.4 Å². The standard InChI is InChI=1S/C20H22N4O4/c1-20(2,3)28-19(27)14-12-24(13-7-5-4-6-8-13)18(26)16(14)23-17(25)15-11-21-9-10-22-15/h4-11,14,16H,12H2,1-3H3,(H,23,25). The van der Waals surface area contributed by atoms with E-state index in [1.165, 1.54) is 23.5 Å². The van der Waals surface area contributed by atoms with E-state index >= 15 is 0 Å². The van der Waals surface area contributed by atoms with Crippen LogP contribution >= 0.6 is 0 Å². The predicted molar refractivity (Wildman–Crippen MR) is 101 cm³/mol. The number of carbonyl (C=O) groups excluding carboxylic acids is 3. The Morgan fingerprint density at radius 1 is 1.18 bits per heavy atom. The Bertz CT molecular complexity index is 865. The van der Waals surface area contributed by atoms with Gasteiger partial charge in [-0.05, 0) is 32.9 Å². The molecule has 8 nitrogen and oxygen atoms in total. The third-order valence-electron chi connectivity index (χ3n) is 4.17. The molecule has 2 atom stereocenters. The van der Waals surface area contributed by atoms with Gasteiger partial charge in [-0.2, -0.15) is 0 Å². The molecule has 146 valence electrons. The average Bonchev–Trinajstić information content (AvgIpc) is 2.98. The molecule has 1 aliphatic rings. The molecule has 0 radical (unpaired) electrons. The highest BCUT2D eigenvalue weighted by Crippen LogP contribution is 2.27. The van der Waals surface area contributed by atoms with Crippen LogP contribution in [0.25, 0.3) is 0 Å². The van der Waals surface area contributed by atoms with Gasteiger partial charge in [-0.25, -0.2) is 4.98 Å². The summed E-state index contributed by atoms with van der Waals surface area (Å²) in [4.78, 5) is 47.5. The van der Waals surface area contributed by atoms with Crippen molar-refractivity contribution in [2.24, 2.45) is 5.92 Å². The molecule has 1 fully saturated rings. The molecular weight excluding hydrogens is 360 g/mol. The number of hydrogen-bond donors (Lipinski definition) is 1. The van der Waals surface area contributed by atoms with Crippen molar-refractivity contribution in [1.82, 2.24) is 15.3 Å². The lowest BCUT2D eigenvalue weighted by molar-refractivity contribution is -0.160. The van der Waals surface area contributed by atoms with Crippen LogP contribution in [0.5, 0.6) is 0 Å². The minimum absolute atomic E-state index is 0.0661. The Morgan fingerprint density at radius 2 is 1.89 bits per heavy atom. The number of amides is 2. The molecule has 2 unspecified atom stereocenters. The number of esters is 1. The van der Waals surface area contributed by atoms with Crippen molar-refractivity contribution in [3.8, 4) is 0 Å². The van der Waals surface area contributed by atoms with Crippen molar-refractivity contribution in [1.29, 1.82) is 0 Å². The summed E-state index contributed by atoms with van der Waals surface area (Å²) in [6, 6.07) is 7.94. The predicted octanol–water partition coefficient (Wildman–Crippen LogP) is 1.58. The molecule has 3 rings (SSSR count). The number of aromatic nitrogens is 2. The molecule has 0 bridgehead atoms. The van der Waals surface area contributed by atoms with Gasteiger partial charge in [0, 0.05) is 24.6 Å². The number of hydrogen-bond acceptors (Lipinski definition) is 6. The van der Waals surface area contributed by atoms with Crippen molar-refractivity contribution in [3.63, 3.8) is 0 Å². The van der Waals surface area contributed by atoms with Crippen LogP contribution in [0.3, 0.4) is 0 Å². The first-order chi connectivity index (χ1) is 13.3. The van der Waals surface area contributed by atoms with Gasteiger partial charge in [0.15, 0.2) is 0 Å². The SMILES string of the molecule is CC(C)(C)OC(=O)C1CN(c2ccccc2)C(=O)C1NC(=O)c1cnccn1. The lowest BCUT2D eigenvalue weighted by Gasteiger charge is -2.24. The van der Waals surface area contributed by atoms with Gasteiger partial charge >= 0.3 is 5.97 Å². The summed E-state index contributed by atoms with van der Waals surface area (Å²) in [5.41, 5.74) is 0.00783. The van der Waals surface area contributed by atoms with Crippen molar-refractivity contribution >= 4 is 23.5 Å². The van der Waals surface area contributed by atoms with Gasteiger partial charge in [-0.1, -0.05) is 18.2 Å². The lowest BCUT2D eigenvalue weighted by atomic mass is 10.0. The molecule has 2 heterocycles. The van der Waals surface area contributed by atoms with Gasteiger partial charge in [-0.3, -0.25) is 19.4 Å². The largest absolute Gasteiger partial charge is 0.460 e. The number of para-hydroxylation sites is 1. The van der Waals surface area contributed by atoms with E-state index in [0.29, 0.717) is 5.69 Å². The minimum Gasteiger partial charge on any atom is -0.460 e. The molecule has 0 saturated carbocycles. The first-order valence-corrected chi connectivity index (χ1v) is 8.92. The second-order valence-corrected chi connectivity index (χ2v) is 7.47. The molecule has 1 aromatic carbocycles. The fourth-order valence-corrected chi connectivity index (χ4v) is 2.95. The number of benzene rings is 1. The molecule has 1 saturated heterocycles. The molecule has 0 aliphatic carbocycles. The number of ether oxygens (including phenoxy) is 1. The number of rotatable bonds is 4. The van der Waals surface area contributed by atoms with Crippen LogP contribution in [-0.2, 0) is 14.3 Å². The van der Waals surface area contributed by atoms with Crippen molar-refractivity contribution in [2.75, 3.05) is 11.4 Å². The highest BCUT2D eigenvalue weighted by atomic mass is 16.6. The summed E-state index contributed by atoms with van der Waals surface area (Å²) in [5, 5.41) is 2.63. The highest BCUT2D eigenvalue weighted by molar-refractivity contribution is 6.06. The molecule has 0 spiro atoms. The van der Waals surface area contributed by atoms with E-state index in [1.807, 2.05) is 6.07 Å². The Labute approximate surface area is 162 Å². The van der Waals surface area contributed by atoms with E-state index in [2.05, 4.69) is 15.3 Å². The van der Waals surface area contributed by atoms with Crippen molar-refractivity contribution in [2.45, 2.75) is 32.4 Å². The second-order valence-electron chi connectivity index (χ2n) is 7.47. The number of anilines is 1. The molecule has 2 aromatic rings. The molecule has 1 N–H and O–H groups in total. The van der Waals surface area contributed by atoms with Crippen molar-refractivity contribution < 1.29 is 19.1 Å². The summed E-state index contributed by atoms with van der Waals surface area (Å²) in [6.45, 7) is 5.38. The maximum Gasteiger partial charge on any atom is 0.313 e. The highest BCUT2D eigenvalue weighted by Gasteiger charge is 2.47. The summed E-state index contributed by atoms with van der Waals surface area (Å²) in [6.07, 6.45) is 4.12. The smallest absolute Gasteiger partial charge is 0.313 e. The maximum absolute atomic E-state index is 13.0. The van der Waals surface area contributed by atoms with E-state index in [0.717, 1.165) is 0 Å². The fraction of sp³-hybridized carbons (Fsp3) is 0.350. The van der Waals surface area contributed by atoms with E-state index in [-0.39, 0.29) is 18.1 Å². The van der Waals surface area contributed by atoms with Gasteiger partial charge in [0.05, 0.1) is 6.20 Å². The summed E-state index contributed by atoms with van der Waals surface area (Å²) in [5.74, 6) is -2.33. The van der Waals surface area contributed by atoms with Gasteiger partial charge in [0.1, 0.15) is 23.3 Å². The van der Waals surface area contributed by atoms with Gasteiger partial charge < -0.3 is 15.0 Å². The monoisotopic (exact) mass is 382 g/mol. The normalized spacial score (nSPS) is 19.4. The van der Waals surface area contributed by atoms with Crippen molar-refractivity contribution in [3.05, 3.63) is 54.6 Å². The van der Waals surface area contributed by atoms with Crippen LogP contribution in [0.1, 0.15) is 31.3 Å². The van der Waals surface area contributed by atoms with Crippen LogP contribution in [0.4, 0.5) is 5.69 Å². The molecule has 1 aromatic heterocycles. The van der Waals surface area contributed by atoms with Gasteiger partial charge in [-0.15, -0.1) is 0 Å². The second kappa shape index (κ2) is 7.75. The molecule has 1 aliphatic heterocycles. The van der Waals surface area contributed by atoms with Crippen LogP contribution in [0.15, 0.2) is 48.9 Å². The molecular formula is C20H22N4O4. The van der Waals surface area contributed by atoms with E-state index in [1.54, 1.807) is 45.0 Å². The summed E-state index contributed by atoms with van der Waals surface area (Å²) >= 11 is 0. The fourth-order valence-electron chi connectivity index (χ4n) is 2.95.